The third kappa shape index (κ3) is 6.28. The van der Waals surface area contributed by atoms with E-state index in [-0.39, 0.29) is 42.7 Å². The number of rotatable bonds is 11. The van der Waals surface area contributed by atoms with E-state index in [1.807, 2.05) is 0 Å². The molecule has 0 aliphatic carbocycles. The number of ether oxygens (including phenoxy) is 1. The van der Waals surface area contributed by atoms with E-state index in [1.54, 1.807) is 10.6 Å². The van der Waals surface area contributed by atoms with Gasteiger partial charge >= 0.3 is 7.60 Å². The predicted molar refractivity (Wildman–Crippen MR) is 109 cm³/mol. The van der Waals surface area contributed by atoms with Crippen molar-refractivity contribution in [3.63, 3.8) is 0 Å². The first-order chi connectivity index (χ1) is 14.8. The van der Waals surface area contributed by atoms with Gasteiger partial charge in [-0.05, 0) is 24.6 Å². The van der Waals surface area contributed by atoms with Gasteiger partial charge in [0.15, 0.2) is 16.9 Å². The van der Waals surface area contributed by atoms with E-state index in [0.29, 0.717) is 5.56 Å². The highest BCUT2D eigenvalue weighted by molar-refractivity contribution is 7.53. The Kier molecular flexibility index (Phi) is 7.29. The maximum Gasteiger partial charge on any atom is 0.356 e. The van der Waals surface area contributed by atoms with Crippen molar-refractivity contribution in [3.8, 4) is 0 Å². The number of hydrogen-bond donors (Lipinski definition) is 2. The van der Waals surface area contributed by atoms with Gasteiger partial charge in [0.05, 0.1) is 19.5 Å². The summed E-state index contributed by atoms with van der Waals surface area (Å²) in [6.45, 7) is 0.957. The molecule has 0 saturated heterocycles. The van der Waals surface area contributed by atoms with Crippen LogP contribution in [0.25, 0.3) is 11.2 Å². The number of aromatic amines is 1. The zero-order chi connectivity index (χ0) is 22.4. The zero-order valence-electron chi connectivity index (χ0n) is 16.6. The number of nitrogen functional groups attached to an aromatic ring is 1. The molecule has 2 aromatic heterocycles. The van der Waals surface area contributed by atoms with E-state index in [9.17, 15) is 18.5 Å². The number of anilines is 1. The number of carbonyl (C=O) groups excluding carboxylic acids is 1. The second kappa shape index (κ2) is 9.92. The highest BCUT2D eigenvalue weighted by atomic mass is 31.2. The summed E-state index contributed by atoms with van der Waals surface area (Å²) in [5, 5.41) is 0. The van der Waals surface area contributed by atoms with Crippen LogP contribution in [0.15, 0.2) is 35.4 Å². The van der Waals surface area contributed by atoms with Crippen LogP contribution in [-0.2, 0) is 36.3 Å². The average Bonchev–Trinajstić information content (AvgIpc) is 3.12. The third-order valence-corrected chi connectivity index (χ3v) is 5.54. The number of nitrogens with zero attached hydrogens (tertiary/aromatic N) is 3. The lowest BCUT2D eigenvalue weighted by Gasteiger charge is -2.18. The summed E-state index contributed by atoms with van der Waals surface area (Å²) < 4.78 is 43.7. The Morgan fingerprint density at radius 2 is 2.16 bits per heavy atom. The first kappa shape index (κ1) is 22.8. The predicted octanol–water partition coefficient (Wildman–Crippen LogP) is 1.83. The summed E-state index contributed by atoms with van der Waals surface area (Å²) in [7, 11) is -3.81. The fraction of sp³-hybridized carbons (Fsp3) is 0.333. The number of benzene rings is 1. The van der Waals surface area contributed by atoms with E-state index in [2.05, 4.69) is 15.0 Å². The molecule has 2 heterocycles. The molecule has 3 rings (SSSR count). The molecule has 0 radical (unpaired) electrons. The smallest absolute Gasteiger partial charge is 0.356 e. The number of H-pyrrole nitrogens is 1. The van der Waals surface area contributed by atoms with E-state index in [4.69, 9.17) is 19.5 Å². The molecule has 0 spiro atoms. The van der Waals surface area contributed by atoms with Crippen molar-refractivity contribution in [1.29, 1.82) is 0 Å². The topological polar surface area (TPSA) is 151 Å². The van der Waals surface area contributed by atoms with Gasteiger partial charge in [-0.15, -0.1) is 0 Å². The molecule has 31 heavy (non-hydrogen) atoms. The van der Waals surface area contributed by atoms with Crippen LogP contribution in [0.4, 0.5) is 10.3 Å². The van der Waals surface area contributed by atoms with Gasteiger partial charge in [-0.3, -0.25) is 23.7 Å². The average molecular weight is 453 g/mol. The fourth-order valence-corrected chi connectivity index (χ4v) is 3.87. The highest BCUT2D eigenvalue weighted by Crippen LogP contribution is 2.48. The molecule has 0 bridgehead atoms. The minimum Gasteiger partial charge on any atom is -0.369 e. The molecular formula is C18H21FN5O6P. The van der Waals surface area contributed by atoms with Gasteiger partial charge in [-0.2, -0.15) is 4.98 Å². The minimum atomic E-state index is -3.81. The van der Waals surface area contributed by atoms with Gasteiger partial charge in [0.2, 0.25) is 5.95 Å². The Labute approximate surface area is 175 Å². The van der Waals surface area contributed by atoms with Crippen molar-refractivity contribution in [2.75, 3.05) is 25.3 Å². The van der Waals surface area contributed by atoms with Crippen LogP contribution in [0.1, 0.15) is 12.5 Å². The summed E-state index contributed by atoms with van der Waals surface area (Å²) >= 11 is 0. The van der Waals surface area contributed by atoms with Crippen LogP contribution in [0.3, 0.4) is 0 Å². The molecule has 166 valence electrons. The summed E-state index contributed by atoms with van der Waals surface area (Å²) in [6.07, 6.45) is 0.973. The van der Waals surface area contributed by atoms with E-state index >= 15 is 0 Å². The molecule has 0 fully saturated rings. The number of imidazole rings is 1. The van der Waals surface area contributed by atoms with Crippen molar-refractivity contribution in [1.82, 2.24) is 19.5 Å². The summed E-state index contributed by atoms with van der Waals surface area (Å²) in [4.78, 5) is 33.4. The van der Waals surface area contributed by atoms with Gasteiger partial charge in [0, 0.05) is 6.54 Å². The van der Waals surface area contributed by atoms with Crippen LogP contribution >= 0.6 is 7.60 Å². The molecule has 3 aromatic rings. The number of ketones is 1. The van der Waals surface area contributed by atoms with E-state index in [0.717, 1.165) is 0 Å². The van der Waals surface area contributed by atoms with Crippen molar-refractivity contribution in [3.05, 3.63) is 52.3 Å². The molecule has 0 aliphatic heterocycles. The lowest BCUT2D eigenvalue weighted by Crippen LogP contribution is -2.14. The van der Waals surface area contributed by atoms with Gasteiger partial charge < -0.3 is 19.6 Å². The number of halogens is 1. The fourth-order valence-electron chi connectivity index (χ4n) is 2.57. The Morgan fingerprint density at radius 1 is 1.35 bits per heavy atom. The molecule has 3 N–H and O–H groups in total. The lowest BCUT2D eigenvalue weighted by molar-refractivity contribution is -0.119. The largest absolute Gasteiger partial charge is 0.369 e. The Balaban J connectivity index is 1.60. The molecule has 13 heteroatoms. The van der Waals surface area contributed by atoms with E-state index < -0.39 is 31.9 Å². The Bertz CT molecular complexity index is 1180. The molecule has 0 aliphatic rings. The van der Waals surface area contributed by atoms with Gasteiger partial charge in [-0.25, -0.2) is 9.37 Å². The molecule has 1 unspecified atom stereocenters. The maximum atomic E-state index is 13.3. The molecule has 1 aromatic carbocycles. The first-order valence-electron chi connectivity index (χ1n) is 9.16. The zero-order valence-corrected chi connectivity index (χ0v) is 17.5. The van der Waals surface area contributed by atoms with Crippen molar-refractivity contribution >= 4 is 30.5 Å². The van der Waals surface area contributed by atoms with Crippen molar-refractivity contribution in [2.45, 2.75) is 20.1 Å². The quantitative estimate of drug-likeness (QED) is 0.327. The minimum absolute atomic E-state index is 0.0481. The van der Waals surface area contributed by atoms with Crippen LogP contribution < -0.4 is 11.3 Å². The van der Waals surface area contributed by atoms with Crippen molar-refractivity contribution in [2.24, 2.45) is 0 Å². The number of Topliss-reactive ketones (excluding diaryl/α,β-unsaturated/α-hetero) is 1. The number of carbonyl (C=O) groups is 1. The Hall–Kier alpha value is -2.92. The maximum absolute atomic E-state index is 13.3. The van der Waals surface area contributed by atoms with E-state index in [1.165, 1.54) is 31.5 Å². The second-order valence-electron chi connectivity index (χ2n) is 6.59. The van der Waals surface area contributed by atoms with Gasteiger partial charge in [0.1, 0.15) is 18.8 Å². The number of aromatic nitrogens is 4. The standard InChI is InChI=1S/C18H21FN5O6P/c1-12(25)8-29-31(27,30-9-13-3-2-4-14(19)7-13)11-28-6-5-24-10-21-15-16(24)22-18(20)23-17(15)26/h2-4,7,10H,5-6,8-9,11H2,1H3,(H3,20,22,23,26). The normalized spacial score (nSPS) is 13.4. The number of fused-ring (bicyclic) bond motifs is 1. The number of hydrogen-bond acceptors (Lipinski definition) is 9. The molecule has 0 amide bonds. The molecule has 1 atom stereocenters. The summed E-state index contributed by atoms with van der Waals surface area (Å²) in [5.41, 5.74) is 5.95. The van der Waals surface area contributed by atoms with Crippen LogP contribution in [0, 0.1) is 5.82 Å². The molecular weight excluding hydrogens is 432 g/mol. The van der Waals surface area contributed by atoms with Gasteiger partial charge in [-0.1, -0.05) is 12.1 Å². The second-order valence-corrected chi connectivity index (χ2v) is 8.58. The molecule has 11 nitrogen and oxygen atoms in total. The third-order valence-electron chi connectivity index (χ3n) is 4.00. The first-order valence-corrected chi connectivity index (χ1v) is 10.9. The summed E-state index contributed by atoms with van der Waals surface area (Å²) in [6, 6.07) is 5.60. The summed E-state index contributed by atoms with van der Waals surface area (Å²) in [5.74, 6) is -0.848. The SMILES string of the molecule is CC(=O)COP(=O)(COCCn1cnc2c(=O)[nH]c(N)nc21)OCc1cccc(F)c1. The lowest BCUT2D eigenvalue weighted by atomic mass is 10.2. The Morgan fingerprint density at radius 3 is 2.90 bits per heavy atom. The van der Waals surface area contributed by atoms with Crippen molar-refractivity contribution < 1.29 is 27.5 Å². The van der Waals surface area contributed by atoms with Crippen LogP contribution in [0.2, 0.25) is 0 Å². The van der Waals surface area contributed by atoms with Crippen LogP contribution in [-0.4, -0.2) is 44.9 Å². The van der Waals surface area contributed by atoms with Gasteiger partial charge in [0.25, 0.3) is 5.56 Å². The number of nitrogens with two attached hydrogens (primary N) is 1. The number of nitrogens with one attached hydrogen (secondary N) is 1. The van der Waals surface area contributed by atoms with Crippen LogP contribution in [0.5, 0.6) is 0 Å². The molecule has 0 saturated carbocycles. The monoisotopic (exact) mass is 453 g/mol. The highest BCUT2D eigenvalue weighted by Gasteiger charge is 2.26.